The van der Waals surface area contributed by atoms with Gasteiger partial charge in [0.05, 0.1) is 5.56 Å². The Bertz CT molecular complexity index is 1060. The molecule has 1 fully saturated rings. The number of aromatic nitrogens is 2. The molecule has 9 heteroatoms. The van der Waals surface area contributed by atoms with Crippen LogP contribution >= 0.6 is 0 Å². The number of primary amides is 1. The van der Waals surface area contributed by atoms with Gasteiger partial charge < -0.3 is 16.0 Å². The predicted molar refractivity (Wildman–Crippen MR) is 103 cm³/mol. The van der Waals surface area contributed by atoms with E-state index in [4.69, 9.17) is 5.73 Å². The minimum absolute atomic E-state index is 0.154. The van der Waals surface area contributed by atoms with Crippen LogP contribution in [-0.2, 0) is 9.59 Å². The average molecular weight is 380 g/mol. The smallest absolute Gasteiger partial charge is 0.267 e. The van der Waals surface area contributed by atoms with Gasteiger partial charge >= 0.3 is 0 Å². The Labute approximate surface area is 161 Å². The van der Waals surface area contributed by atoms with Crippen LogP contribution in [0.3, 0.4) is 0 Å². The summed E-state index contributed by atoms with van der Waals surface area (Å²) < 4.78 is 1.37. The van der Waals surface area contributed by atoms with Crippen molar-refractivity contribution in [3.63, 3.8) is 0 Å². The molecule has 144 valence electrons. The minimum Gasteiger partial charge on any atom is -0.369 e. The average Bonchev–Trinajstić information content (AvgIpc) is 2.72. The summed E-state index contributed by atoms with van der Waals surface area (Å²) in [6.45, 7) is 0.984. The van der Waals surface area contributed by atoms with E-state index in [2.05, 4.69) is 10.3 Å². The minimum atomic E-state index is -0.585. The number of hydrogen-bond donors (Lipinski definition) is 2. The molecule has 3 rings (SSSR count). The van der Waals surface area contributed by atoms with Gasteiger partial charge in [0.15, 0.2) is 0 Å². The van der Waals surface area contributed by atoms with Crippen LogP contribution in [0.2, 0.25) is 0 Å². The molecule has 0 aliphatic carbocycles. The number of piperidine rings is 1. The molecule has 0 unspecified atom stereocenters. The number of nitrogens with one attached hydrogen (secondary N) is 1. The Balaban J connectivity index is 2.14. The molecule has 2 aromatic rings. The summed E-state index contributed by atoms with van der Waals surface area (Å²) in [6.07, 6.45) is 3.95. The van der Waals surface area contributed by atoms with Gasteiger partial charge in [-0.25, -0.2) is 4.98 Å². The van der Waals surface area contributed by atoms with Gasteiger partial charge in [0.2, 0.25) is 5.91 Å². The number of pyridine rings is 1. The van der Waals surface area contributed by atoms with E-state index >= 15 is 0 Å². The Morgan fingerprint density at radius 2 is 2.07 bits per heavy atom. The SMILES string of the molecule is CNC(=O)C(C#N)=Cc1c(N2CCC(C(N)=O)CC2)nc2ccccn2c1=O. The van der Waals surface area contributed by atoms with Crippen LogP contribution in [0.25, 0.3) is 11.7 Å². The molecule has 0 aromatic carbocycles. The molecule has 1 aliphatic rings. The number of amides is 2. The lowest BCUT2D eigenvalue weighted by molar-refractivity contribution is -0.122. The van der Waals surface area contributed by atoms with Crippen molar-refractivity contribution in [1.82, 2.24) is 14.7 Å². The lowest BCUT2D eigenvalue weighted by Gasteiger charge is -2.32. The number of carbonyl (C=O) groups excluding carboxylic acids is 2. The molecule has 2 amide bonds. The standard InChI is InChI=1S/C19H20N6O3/c1-22-18(27)13(11-20)10-14-17(24-8-5-12(6-9-24)16(21)26)23-15-4-2-3-7-25(15)19(14)28/h2-4,7,10,12H,5-6,8-9H2,1H3,(H2,21,26)(H,22,27). The molecule has 1 aliphatic heterocycles. The zero-order valence-corrected chi connectivity index (χ0v) is 15.4. The van der Waals surface area contributed by atoms with Crippen LogP contribution in [-0.4, -0.2) is 41.3 Å². The summed E-state index contributed by atoms with van der Waals surface area (Å²) >= 11 is 0. The van der Waals surface area contributed by atoms with Gasteiger partial charge in [0, 0.05) is 32.3 Å². The Morgan fingerprint density at radius 1 is 1.36 bits per heavy atom. The molecule has 0 radical (unpaired) electrons. The summed E-state index contributed by atoms with van der Waals surface area (Å²) in [5.41, 5.74) is 5.43. The first-order valence-corrected chi connectivity index (χ1v) is 8.85. The maximum atomic E-state index is 13.1. The first-order valence-electron chi connectivity index (χ1n) is 8.85. The second kappa shape index (κ2) is 7.92. The molecule has 9 nitrogen and oxygen atoms in total. The highest BCUT2D eigenvalue weighted by Gasteiger charge is 2.26. The molecule has 0 atom stereocenters. The first kappa shape index (κ1) is 19.1. The largest absolute Gasteiger partial charge is 0.369 e. The number of anilines is 1. The van der Waals surface area contributed by atoms with Gasteiger partial charge in [0.1, 0.15) is 23.1 Å². The molecule has 2 aromatic heterocycles. The van der Waals surface area contributed by atoms with Gasteiger partial charge in [-0.15, -0.1) is 0 Å². The molecule has 1 saturated heterocycles. The quantitative estimate of drug-likeness (QED) is 0.569. The Kier molecular flexibility index (Phi) is 5.40. The summed E-state index contributed by atoms with van der Waals surface area (Å²) in [6, 6.07) is 7.00. The highest BCUT2D eigenvalue weighted by Crippen LogP contribution is 2.25. The fourth-order valence-corrected chi connectivity index (χ4v) is 3.26. The van der Waals surface area contributed by atoms with Crippen molar-refractivity contribution >= 4 is 29.4 Å². The van der Waals surface area contributed by atoms with E-state index in [9.17, 15) is 19.6 Å². The third-order valence-electron chi connectivity index (χ3n) is 4.83. The number of nitriles is 1. The van der Waals surface area contributed by atoms with E-state index in [0.717, 1.165) is 0 Å². The van der Waals surface area contributed by atoms with Crippen molar-refractivity contribution in [1.29, 1.82) is 5.26 Å². The van der Waals surface area contributed by atoms with Crippen molar-refractivity contribution < 1.29 is 9.59 Å². The third-order valence-corrected chi connectivity index (χ3v) is 4.83. The lowest BCUT2D eigenvalue weighted by Crippen LogP contribution is -2.40. The van der Waals surface area contributed by atoms with Crippen molar-refractivity contribution in [3.05, 3.63) is 45.9 Å². The zero-order chi connectivity index (χ0) is 20.3. The van der Waals surface area contributed by atoms with Crippen LogP contribution in [0.4, 0.5) is 5.82 Å². The number of nitrogens with zero attached hydrogens (tertiary/aromatic N) is 4. The molecule has 0 spiro atoms. The molecule has 0 bridgehead atoms. The molecular formula is C19H20N6O3. The van der Waals surface area contributed by atoms with E-state index in [1.165, 1.54) is 17.5 Å². The second-order valence-electron chi connectivity index (χ2n) is 6.50. The molecule has 0 saturated carbocycles. The fourth-order valence-electron chi connectivity index (χ4n) is 3.26. The van der Waals surface area contributed by atoms with Crippen molar-refractivity contribution in [2.75, 3.05) is 25.0 Å². The van der Waals surface area contributed by atoms with E-state index in [1.54, 1.807) is 24.4 Å². The van der Waals surface area contributed by atoms with Crippen LogP contribution in [0.1, 0.15) is 18.4 Å². The van der Waals surface area contributed by atoms with Gasteiger partial charge in [-0.05, 0) is 31.1 Å². The van der Waals surface area contributed by atoms with Gasteiger partial charge in [-0.3, -0.25) is 18.8 Å². The van der Waals surface area contributed by atoms with Gasteiger partial charge in [0.25, 0.3) is 11.5 Å². The number of hydrogen-bond acceptors (Lipinski definition) is 6. The lowest BCUT2D eigenvalue weighted by atomic mass is 9.96. The zero-order valence-electron chi connectivity index (χ0n) is 15.4. The monoisotopic (exact) mass is 380 g/mol. The van der Waals surface area contributed by atoms with Gasteiger partial charge in [-0.2, -0.15) is 5.26 Å². The van der Waals surface area contributed by atoms with Crippen LogP contribution in [0, 0.1) is 17.2 Å². The van der Waals surface area contributed by atoms with Crippen molar-refractivity contribution in [3.8, 4) is 6.07 Å². The first-order chi connectivity index (χ1) is 13.5. The maximum absolute atomic E-state index is 13.1. The predicted octanol–water partition coefficient (Wildman–Crippen LogP) is 0.0492. The summed E-state index contributed by atoms with van der Waals surface area (Å²) in [4.78, 5) is 42.9. The highest BCUT2D eigenvalue weighted by atomic mass is 16.2. The van der Waals surface area contributed by atoms with Crippen molar-refractivity contribution in [2.45, 2.75) is 12.8 Å². The fraction of sp³-hybridized carbons (Fsp3) is 0.316. The Hall–Kier alpha value is -3.67. The van der Waals surface area contributed by atoms with E-state index < -0.39 is 5.91 Å². The van der Waals surface area contributed by atoms with E-state index in [0.29, 0.717) is 37.4 Å². The number of nitrogens with two attached hydrogens (primary N) is 1. The summed E-state index contributed by atoms with van der Waals surface area (Å²) in [7, 11) is 1.41. The molecule has 28 heavy (non-hydrogen) atoms. The van der Waals surface area contributed by atoms with Gasteiger partial charge in [-0.1, -0.05) is 6.07 Å². The third kappa shape index (κ3) is 3.57. The van der Waals surface area contributed by atoms with E-state index in [1.807, 2.05) is 11.0 Å². The number of rotatable bonds is 4. The Morgan fingerprint density at radius 3 is 2.68 bits per heavy atom. The molecular weight excluding hydrogens is 360 g/mol. The normalized spacial score (nSPS) is 15.3. The number of fused-ring (bicyclic) bond motifs is 1. The van der Waals surface area contributed by atoms with Crippen LogP contribution < -0.4 is 21.5 Å². The van der Waals surface area contributed by atoms with Crippen LogP contribution in [0.5, 0.6) is 0 Å². The number of likely N-dealkylation sites (N-methyl/N-ethyl adjacent to an activating group) is 1. The molecule has 3 heterocycles. The van der Waals surface area contributed by atoms with E-state index in [-0.39, 0.29) is 28.5 Å². The summed E-state index contributed by atoms with van der Waals surface area (Å²) in [5, 5.41) is 11.7. The van der Waals surface area contributed by atoms with Crippen LogP contribution in [0.15, 0.2) is 34.8 Å². The molecule has 3 N–H and O–H groups in total. The number of carbonyl (C=O) groups is 2. The summed E-state index contributed by atoms with van der Waals surface area (Å²) in [5.74, 6) is -0.746. The van der Waals surface area contributed by atoms with Crippen molar-refractivity contribution in [2.24, 2.45) is 11.7 Å². The maximum Gasteiger partial charge on any atom is 0.267 e. The second-order valence-corrected chi connectivity index (χ2v) is 6.50. The highest BCUT2D eigenvalue weighted by molar-refractivity contribution is 6.02. The topological polar surface area (TPSA) is 134 Å².